The first kappa shape index (κ1) is 22.0. The van der Waals surface area contributed by atoms with Crippen LogP contribution in [0.15, 0.2) is 40.2 Å². The fourth-order valence-corrected chi connectivity index (χ4v) is 3.17. The molecule has 3 aromatic rings. The van der Waals surface area contributed by atoms with Gasteiger partial charge in [-0.05, 0) is 44.5 Å². The number of rotatable bonds is 7. The van der Waals surface area contributed by atoms with Gasteiger partial charge in [0.05, 0.1) is 18.0 Å². The highest BCUT2D eigenvalue weighted by Gasteiger charge is 2.14. The predicted octanol–water partition coefficient (Wildman–Crippen LogP) is 1.42. The largest absolute Gasteiger partial charge is 0.459 e. The van der Waals surface area contributed by atoms with Gasteiger partial charge in [0.25, 0.3) is 5.56 Å². The van der Waals surface area contributed by atoms with Gasteiger partial charge in [-0.1, -0.05) is 0 Å². The Kier molecular flexibility index (Phi) is 6.38. The lowest BCUT2D eigenvalue weighted by molar-refractivity contribution is -0.116. The normalized spacial score (nSPS) is 11.1. The molecule has 2 aromatic heterocycles. The van der Waals surface area contributed by atoms with Crippen molar-refractivity contribution >= 4 is 28.7 Å². The minimum atomic E-state index is -0.439. The minimum absolute atomic E-state index is 0.192. The molecular formula is C21H25N5O5. The van der Waals surface area contributed by atoms with E-state index in [0.29, 0.717) is 35.4 Å². The third-order valence-corrected chi connectivity index (χ3v) is 4.77. The second kappa shape index (κ2) is 8.99. The summed E-state index contributed by atoms with van der Waals surface area (Å²) >= 11 is 0. The lowest BCUT2D eigenvalue weighted by Gasteiger charge is -2.09. The highest BCUT2D eigenvalue weighted by atomic mass is 16.5. The summed E-state index contributed by atoms with van der Waals surface area (Å²) in [5.41, 5.74) is 0.766. The maximum Gasteiger partial charge on any atom is 0.338 e. The van der Waals surface area contributed by atoms with Crippen molar-refractivity contribution in [2.24, 2.45) is 14.1 Å². The van der Waals surface area contributed by atoms with Crippen molar-refractivity contribution in [2.75, 3.05) is 5.32 Å². The van der Waals surface area contributed by atoms with E-state index in [0.717, 1.165) is 4.57 Å². The van der Waals surface area contributed by atoms with E-state index in [1.807, 2.05) is 0 Å². The maximum atomic E-state index is 12.4. The van der Waals surface area contributed by atoms with Gasteiger partial charge < -0.3 is 14.6 Å². The molecule has 0 spiro atoms. The number of imidazole rings is 1. The van der Waals surface area contributed by atoms with Crippen LogP contribution in [0.1, 0.15) is 37.0 Å². The molecule has 0 atom stereocenters. The highest BCUT2D eigenvalue weighted by molar-refractivity contribution is 5.93. The number of hydrogen-bond acceptors (Lipinski definition) is 6. The van der Waals surface area contributed by atoms with Gasteiger partial charge in [0.15, 0.2) is 11.2 Å². The van der Waals surface area contributed by atoms with Crippen LogP contribution in [0.5, 0.6) is 0 Å². The van der Waals surface area contributed by atoms with Gasteiger partial charge >= 0.3 is 11.7 Å². The summed E-state index contributed by atoms with van der Waals surface area (Å²) in [6.45, 7) is 3.95. The molecule has 1 aromatic carbocycles. The average Bonchev–Trinajstić information content (AvgIpc) is 3.14. The van der Waals surface area contributed by atoms with Crippen LogP contribution in [0.4, 0.5) is 5.69 Å². The number of carbonyl (C=O) groups is 2. The summed E-state index contributed by atoms with van der Waals surface area (Å²) < 4.78 is 9.14. The van der Waals surface area contributed by atoms with Crippen molar-refractivity contribution in [1.29, 1.82) is 0 Å². The number of fused-ring (bicyclic) bond motifs is 1. The molecule has 0 unspecified atom stereocenters. The highest BCUT2D eigenvalue weighted by Crippen LogP contribution is 2.13. The zero-order valence-electron chi connectivity index (χ0n) is 17.9. The monoisotopic (exact) mass is 427 g/mol. The quantitative estimate of drug-likeness (QED) is 0.570. The smallest absolute Gasteiger partial charge is 0.338 e. The van der Waals surface area contributed by atoms with Gasteiger partial charge in [-0.25, -0.2) is 14.6 Å². The van der Waals surface area contributed by atoms with Gasteiger partial charge in [-0.2, -0.15) is 0 Å². The third kappa shape index (κ3) is 4.73. The number of esters is 1. The molecule has 0 saturated heterocycles. The third-order valence-electron chi connectivity index (χ3n) is 4.77. The number of aromatic nitrogens is 4. The fourth-order valence-electron chi connectivity index (χ4n) is 3.17. The van der Waals surface area contributed by atoms with Crippen molar-refractivity contribution in [3.05, 3.63) is 57.0 Å². The van der Waals surface area contributed by atoms with Crippen molar-refractivity contribution < 1.29 is 14.3 Å². The second-order valence-electron chi connectivity index (χ2n) is 7.50. The van der Waals surface area contributed by atoms with Crippen molar-refractivity contribution in [3.8, 4) is 0 Å². The standard InChI is InChI=1S/C21H25N5O5/c1-13(2)31-20(29)14-7-9-15(10-8-14)23-16(27)6-5-11-26-12-22-18-17(26)19(28)25(4)21(30)24(18)3/h7-10,12-13H,5-6,11H2,1-4H3,(H,23,27). The molecule has 164 valence electrons. The molecule has 31 heavy (non-hydrogen) atoms. The summed E-state index contributed by atoms with van der Waals surface area (Å²) in [4.78, 5) is 52.7. The molecule has 0 aliphatic rings. The van der Waals surface area contributed by atoms with Crippen LogP contribution < -0.4 is 16.6 Å². The molecule has 0 saturated carbocycles. The van der Waals surface area contributed by atoms with E-state index in [1.54, 1.807) is 49.7 Å². The van der Waals surface area contributed by atoms with Crippen molar-refractivity contribution in [1.82, 2.24) is 18.7 Å². The molecule has 3 rings (SSSR count). The number of nitrogens with one attached hydrogen (secondary N) is 1. The minimum Gasteiger partial charge on any atom is -0.459 e. The molecule has 0 aliphatic heterocycles. The number of nitrogens with zero attached hydrogens (tertiary/aromatic N) is 4. The Bertz CT molecular complexity index is 1230. The first-order chi connectivity index (χ1) is 14.7. The van der Waals surface area contributed by atoms with Crippen molar-refractivity contribution in [2.45, 2.75) is 39.3 Å². The van der Waals surface area contributed by atoms with Crippen LogP contribution in [-0.4, -0.2) is 36.7 Å². The number of anilines is 1. The maximum absolute atomic E-state index is 12.4. The molecule has 0 bridgehead atoms. The molecule has 1 amide bonds. The summed E-state index contributed by atoms with van der Waals surface area (Å²) in [7, 11) is 2.98. The van der Waals surface area contributed by atoms with E-state index >= 15 is 0 Å². The Hall–Kier alpha value is -3.69. The van der Waals surface area contributed by atoms with E-state index in [1.165, 1.54) is 17.9 Å². The van der Waals surface area contributed by atoms with Gasteiger partial charge in [0.1, 0.15) is 0 Å². The van der Waals surface area contributed by atoms with E-state index in [4.69, 9.17) is 4.74 Å². The Labute approximate surface area is 178 Å². The summed E-state index contributed by atoms with van der Waals surface area (Å²) in [5, 5.41) is 2.78. The van der Waals surface area contributed by atoms with E-state index < -0.39 is 17.2 Å². The number of hydrogen-bond donors (Lipinski definition) is 1. The number of amides is 1. The zero-order chi connectivity index (χ0) is 22.7. The Morgan fingerprint density at radius 2 is 1.77 bits per heavy atom. The SMILES string of the molecule is CC(C)OC(=O)c1ccc(NC(=O)CCCn2cnc3c2c(=O)n(C)c(=O)n3C)cc1. The van der Waals surface area contributed by atoms with Crippen molar-refractivity contribution in [3.63, 3.8) is 0 Å². The van der Waals surface area contributed by atoms with Crippen LogP contribution in [0.2, 0.25) is 0 Å². The molecule has 0 fully saturated rings. The predicted molar refractivity (Wildman–Crippen MR) is 115 cm³/mol. The van der Waals surface area contributed by atoms with Gasteiger partial charge in [-0.3, -0.25) is 18.7 Å². The Balaban J connectivity index is 1.59. The van der Waals surface area contributed by atoms with Gasteiger partial charge in [-0.15, -0.1) is 0 Å². The van der Waals surface area contributed by atoms with Gasteiger partial charge in [0.2, 0.25) is 5.91 Å². The van der Waals surface area contributed by atoms with E-state index in [-0.39, 0.29) is 18.4 Å². The first-order valence-electron chi connectivity index (χ1n) is 9.90. The Morgan fingerprint density at radius 3 is 2.42 bits per heavy atom. The van der Waals surface area contributed by atoms with Crippen LogP contribution >= 0.6 is 0 Å². The lowest BCUT2D eigenvalue weighted by Crippen LogP contribution is -2.37. The second-order valence-corrected chi connectivity index (χ2v) is 7.50. The number of carbonyl (C=O) groups excluding carboxylic acids is 2. The summed E-state index contributed by atoms with van der Waals surface area (Å²) in [6.07, 6.45) is 1.99. The van der Waals surface area contributed by atoms with Gasteiger partial charge in [0, 0.05) is 32.7 Å². The van der Waals surface area contributed by atoms with Crippen LogP contribution in [0, 0.1) is 0 Å². The molecule has 10 nitrogen and oxygen atoms in total. The molecule has 2 heterocycles. The fraction of sp³-hybridized carbons (Fsp3) is 0.381. The summed E-state index contributed by atoms with van der Waals surface area (Å²) in [5.74, 6) is -0.605. The molecule has 0 aliphatic carbocycles. The summed E-state index contributed by atoms with van der Waals surface area (Å²) in [6, 6.07) is 6.47. The van der Waals surface area contributed by atoms with Crippen LogP contribution in [0.25, 0.3) is 11.2 Å². The number of aryl methyl sites for hydroxylation is 2. The molecular weight excluding hydrogens is 402 g/mol. The lowest BCUT2D eigenvalue weighted by atomic mass is 10.2. The van der Waals surface area contributed by atoms with Crippen LogP contribution in [-0.2, 0) is 30.2 Å². The van der Waals surface area contributed by atoms with Crippen LogP contribution in [0.3, 0.4) is 0 Å². The molecule has 10 heteroatoms. The van der Waals surface area contributed by atoms with E-state index in [9.17, 15) is 19.2 Å². The molecule has 0 radical (unpaired) electrons. The number of benzene rings is 1. The first-order valence-corrected chi connectivity index (χ1v) is 9.90. The number of ether oxygens (including phenoxy) is 1. The Morgan fingerprint density at radius 1 is 1.10 bits per heavy atom. The average molecular weight is 427 g/mol. The zero-order valence-corrected chi connectivity index (χ0v) is 17.9. The van der Waals surface area contributed by atoms with E-state index in [2.05, 4.69) is 10.3 Å². The topological polar surface area (TPSA) is 117 Å². The molecule has 1 N–H and O–H groups in total.